The molecule has 2 aliphatic rings. The van der Waals surface area contributed by atoms with E-state index in [9.17, 15) is 9.59 Å². The van der Waals surface area contributed by atoms with Gasteiger partial charge >= 0.3 is 0 Å². The maximum atomic E-state index is 13.4. The number of fused-ring (bicyclic) bond motifs is 1. The molecule has 2 aliphatic heterocycles. The molecule has 5 rings (SSSR count). The lowest BCUT2D eigenvalue weighted by atomic mass is 9.98. The van der Waals surface area contributed by atoms with Crippen molar-refractivity contribution < 1.29 is 14.3 Å². The number of aryl methyl sites for hydroxylation is 2. The quantitative estimate of drug-likeness (QED) is 0.612. The Hall–Kier alpha value is -3.19. The zero-order valence-electron chi connectivity index (χ0n) is 18.9. The van der Waals surface area contributed by atoms with E-state index >= 15 is 0 Å². The van der Waals surface area contributed by atoms with E-state index in [-0.39, 0.29) is 17.9 Å². The van der Waals surface area contributed by atoms with Gasteiger partial charge in [-0.2, -0.15) is 0 Å². The molecular formula is C26H27N3O3S. The Labute approximate surface area is 197 Å². The van der Waals surface area contributed by atoms with Crippen molar-refractivity contribution in [3.63, 3.8) is 0 Å². The van der Waals surface area contributed by atoms with Crippen LogP contribution in [0.1, 0.15) is 49.8 Å². The number of nitrogens with one attached hydrogen (secondary N) is 1. The number of carbonyl (C=O) groups is 2. The van der Waals surface area contributed by atoms with E-state index in [0.717, 1.165) is 51.6 Å². The van der Waals surface area contributed by atoms with E-state index in [1.54, 1.807) is 11.3 Å². The van der Waals surface area contributed by atoms with Crippen LogP contribution >= 0.6 is 11.3 Å². The minimum absolute atomic E-state index is 0.0235. The van der Waals surface area contributed by atoms with Crippen LogP contribution in [0.4, 0.5) is 0 Å². The molecule has 33 heavy (non-hydrogen) atoms. The molecule has 0 saturated carbocycles. The largest absolute Gasteiger partial charge is 0.493 e. The second-order valence-electron chi connectivity index (χ2n) is 8.67. The Morgan fingerprint density at radius 3 is 2.85 bits per heavy atom. The van der Waals surface area contributed by atoms with Crippen molar-refractivity contribution in [2.45, 2.75) is 39.2 Å². The fourth-order valence-corrected chi connectivity index (χ4v) is 5.43. The molecule has 0 spiro atoms. The van der Waals surface area contributed by atoms with Gasteiger partial charge in [-0.3, -0.25) is 9.59 Å². The van der Waals surface area contributed by atoms with E-state index in [1.165, 1.54) is 0 Å². The van der Waals surface area contributed by atoms with Gasteiger partial charge in [0.05, 0.1) is 22.5 Å². The number of nitrogens with zero attached hydrogens (tertiary/aromatic N) is 2. The standard InChI is InChI=1S/C26H27N3O3S/c1-16-6-3-7-18(14-16)24-23(28-17(2)33-24)26(31)29-12-11-19(29)15-27-25(30)21-8-4-10-22-20(21)9-5-13-32-22/h3-4,6-8,10,14,19H,5,9,11-13,15H2,1-2H3,(H,27,30)/t19-/m0/s1. The minimum atomic E-state index is -0.110. The number of hydrogen-bond acceptors (Lipinski definition) is 5. The van der Waals surface area contributed by atoms with Crippen LogP contribution in [-0.2, 0) is 6.42 Å². The molecule has 0 aliphatic carbocycles. The molecule has 1 fully saturated rings. The number of thiazole rings is 1. The van der Waals surface area contributed by atoms with Crippen LogP contribution in [-0.4, -0.2) is 47.4 Å². The third-order valence-corrected chi connectivity index (χ3v) is 7.35. The van der Waals surface area contributed by atoms with Crippen molar-refractivity contribution in [3.05, 3.63) is 69.9 Å². The molecule has 0 radical (unpaired) electrons. The summed E-state index contributed by atoms with van der Waals surface area (Å²) in [5, 5.41) is 3.91. The number of carbonyl (C=O) groups excluding carboxylic acids is 2. The molecule has 2 aromatic carbocycles. The molecule has 0 bridgehead atoms. The topological polar surface area (TPSA) is 71.5 Å². The monoisotopic (exact) mass is 461 g/mol. The van der Waals surface area contributed by atoms with Gasteiger partial charge in [-0.25, -0.2) is 4.98 Å². The Kier molecular flexibility index (Phi) is 5.89. The fourth-order valence-electron chi connectivity index (χ4n) is 4.52. The average Bonchev–Trinajstić information content (AvgIpc) is 3.20. The summed E-state index contributed by atoms with van der Waals surface area (Å²) in [5.41, 5.74) is 4.32. The van der Waals surface area contributed by atoms with Gasteiger partial charge in [-0.05, 0) is 50.8 Å². The van der Waals surface area contributed by atoms with E-state index in [0.29, 0.717) is 31.0 Å². The number of amides is 2. The van der Waals surface area contributed by atoms with Gasteiger partial charge in [0.1, 0.15) is 11.4 Å². The Morgan fingerprint density at radius 2 is 2.06 bits per heavy atom. The number of rotatable bonds is 5. The first kappa shape index (κ1) is 21.6. The Balaban J connectivity index is 1.28. The summed E-state index contributed by atoms with van der Waals surface area (Å²) in [7, 11) is 0. The molecule has 2 amide bonds. The molecule has 0 unspecified atom stereocenters. The van der Waals surface area contributed by atoms with Crippen LogP contribution in [0, 0.1) is 13.8 Å². The van der Waals surface area contributed by atoms with Gasteiger partial charge in [0, 0.05) is 24.2 Å². The predicted octanol–water partition coefficient (Wildman–Crippen LogP) is 4.40. The summed E-state index contributed by atoms with van der Waals surface area (Å²) in [6.45, 7) is 5.77. The van der Waals surface area contributed by atoms with E-state index in [4.69, 9.17) is 4.74 Å². The first-order chi connectivity index (χ1) is 16.0. The van der Waals surface area contributed by atoms with Gasteiger partial charge in [-0.15, -0.1) is 11.3 Å². The highest BCUT2D eigenvalue weighted by molar-refractivity contribution is 7.15. The highest BCUT2D eigenvalue weighted by Crippen LogP contribution is 2.33. The molecule has 3 aromatic rings. The number of benzene rings is 2. The van der Waals surface area contributed by atoms with Crippen molar-refractivity contribution in [2.75, 3.05) is 19.7 Å². The van der Waals surface area contributed by atoms with Gasteiger partial charge in [-0.1, -0.05) is 35.9 Å². The fraction of sp³-hybridized carbons (Fsp3) is 0.346. The van der Waals surface area contributed by atoms with Crippen molar-refractivity contribution in [2.24, 2.45) is 0 Å². The zero-order valence-corrected chi connectivity index (χ0v) is 19.7. The molecule has 3 heterocycles. The Morgan fingerprint density at radius 1 is 1.21 bits per heavy atom. The van der Waals surface area contributed by atoms with Gasteiger partial charge < -0.3 is 15.0 Å². The highest BCUT2D eigenvalue weighted by atomic mass is 32.1. The number of ether oxygens (including phenoxy) is 1. The predicted molar refractivity (Wildman–Crippen MR) is 129 cm³/mol. The zero-order chi connectivity index (χ0) is 22.9. The summed E-state index contributed by atoms with van der Waals surface area (Å²) in [6.07, 6.45) is 2.63. The molecule has 1 aromatic heterocycles. The molecule has 1 atom stereocenters. The minimum Gasteiger partial charge on any atom is -0.493 e. The van der Waals surface area contributed by atoms with E-state index < -0.39 is 0 Å². The second-order valence-corrected chi connectivity index (χ2v) is 9.87. The second kappa shape index (κ2) is 8.98. The maximum Gasteiger partial charge on any atom is 0.274 e. The summed E-state index contributed by atoms with van der Waals surface area (Å²) >= 11 is 1.55. The van der Waals surface area contributed by atoms with Crippen LogP contribution in [0.3, 0.4) is 0 Å². The maximum absolute atomic E-state index is 13.4. The molecule has 1 saturated heterocycles. The van der Waals surface area contributed by atoms with Crippen molar-refractivity contribution in [1.29, 1.82) is 0 Å². The lowest BCUT2D eigenvalue weighted by Crippen LogP contribution is -2.56. The van der Waals surface area contributed by atoms with Crippen LogP contribution in [0.2, 0.25) is 0 Å². The van der Waals surface area contributed by atoms with Crippen LogP contribution in [0.5, 0.6) is 5.75 Å². The number of aromatic nitrogens is 1. The summed E-state index contributed by atoms with van der Waals surface area (Å²) in [4.78, 5) is 33.6. The number of hydrogen-bond donors (Lipinski definition) is 1. The normalized spacial score (nSPS) is 17.0. The van der Waals surface area contributed by atoms with Crippen molar-refractivity contribution in [3.8, 4) is 16.2 Å². The lowest BCUT2D eigenvalue weighted by Gasteiger charge is -2.40. The summed E-state index contributed by atoms with van der Waals surface area (Å²) in [5.74, 6) is 0.630. The highest BCUT2D eigenvalue weighted by Gasteiger charge is 2.35. The van der Waals surface area contributed by atoms with Gasteiger partial charge in [0.2, 0.25) is 0 Å². The number of likely N-dealkylation sites (tertiary alicyclic amines) is 1. The molecule has 170 valence electrons. The van der Waals surface area contributed by atoms with E-state index in [1.807, 2.05) is 55.1 Å². The third kappa shape index (κ3) is 4.25. The van der Waals surface area contributed by atoms with Crippen molar-refractivity contribution in [1.82, 2.24) is 15.2 Å². The first-order valence-corrected chi connectivity index (χ1v) is 12.2. The Bertz CT molecular complexity index is 1220. The molecule has 6 nitrogen and oxygen atoms in total. The third-order valence-electron chi connectivity index (χ3n) is 6.33. The SMILES string of the molecule is Cc1cccc(-c2sc(C)nc2C(=O)N2CC[C@H]2CNC(=O)c2cccc3c2CCCO3)c1. The smallest absolute Gasteiger partial charge is 0.274 e. The van der Waals surface area contributed by atoms with Crippen molar-refractivity contribution >= 4 is 23.2 Å². The van der Waals surface area contributed by atoms with Gasteiger partial charge in [0.15, 0.2) is 0 Å². The lowest BCUT2D eigenvalue weighted by molar-refractivity contribution is 0.0451. The van der Waals surface area contributed by atoms with Gasteiger partial charge in [0.25, 0.3) is 11.8 Å². The van der Waals surface area contributed by atoms with Crippen LogP contribution in [0.25, 0.3) is 10.4 Å². The average molecular weight is 462 g/mol. The van der Waals surface area contributed by atoms with E-state index in [2.05, 4.69) is 16.4 Å². The summed E-state index contributed by atoms with van der Waals surface area (Å²) < 4.78 is 5.69. The summed E-state index contributed by atoms with van der Waals surface area (Å²) in [6, 6.07) is 13.8. The molecule has 7 heteroatoms. The van der Waals surface area contributed by atoms with Crippen LogP contribution < -0.4 is 10.1 Å². The molecule has 1 N–H and O–H groups in total. The van der Waals surface area contributed by atoms with Crippen LogP contribution in [0.15, 0.2) is 42.5 Å². The first-order valence-electron chi connectivity index (χ1n) is 11.4. The molecular weight excluding hydrogens is 434 g/mol.